The quantitative estimate of drug-likeness (QED) is 0.859. The van der Waals surface area contributed by atoms with Crippen LogP contribution in [0.25, 0.3) is 0 Å². The second-order valence-electron chi connectivity index (χ2n) is 6.14. The molecule has 23 heavy (non-hydrogen) atoms. The van der Waals surface area contributed by atoms with E-state index >= 15 is 0 Å². The standard InChI is InChI=1S/C17H22N4O2/c1-19(2)11-14-12-23-16-7-5-4-6-13(16)10-21(14)17(22)15-8-9-20(3)18-15/h4-9,14H,10-12H2,1-3H3. The monoisotopic (exact) mass is 314 g/mol. The van der Waals surface area contributed by atoms with E-state index in [1.54, 1.807) is 16.9 Å². The molecule has 0 saturated carbocycles. The zero-order chi connectivity index (χ0) is 16.4. The first-order valence-electron chi connectivity index (χ1n) is 7.70. The molecule has 0 spiro atoms. The Morgan fingerprint density at radius 1 is 1.35 bits per heavy atom. The highest BCUT2D eigenvalue weighted by Crippen LogP contribution is 2.26. The van der Waals surface area contributed by atoms with Crippen LogP contribution in [0.1, 0.15) is 16.1 Å². The Morgan fingerprint density at radius 3 is 2.83 bits per heavy atom. The van der Waals surface area contributed by atoms with Crippen molar-refractivity contribution in [2.45, 2.75) is 12.6 Å². The van der Waals surface area contributed by atoms with E-state index in [2.05, 4.69) is 10.00 Å². The number of nitrogens with zero attached hydrogens (tertiary/aromatic N) is 4. The Balaban J connectivity index is 1.92. The summed E-state index contributed by atoms with van der Waals surface area (Å²) >= 11 is 0. The molecule has 6 nitrogen and oxygen atoms in total. The number of fused-ring (bicyclic) bond motifs is 1. The molecule has 3 rings (SSSR count). The van der Waals surface area contributed by atoms with Crippen LogP contribution in [0.15, 0.2) is 36.5 Å². The lowest BCUT2D eigenvalue weighted by Crippen LogP contribution is -2.47. The second-order valence-corrected chi connectivity index (χ2v) is 6.14. The summed E-state index contributed by atoms with van der Waals surface area (Å²) in [6.45, 7) is 1.75. The summed E-state index contributed by atoms with van der Waals surface area (Å²) in [6.07, 6.45) is 1.79. The summed E-state index contributed by atoms with van der Waals surface area (Å²) in [5.74, 6) is 0.797. The number of para-hydroxylation sites is 1. The van der Waals surface area contributed by atoms with E-state index in [1.165, 1.54) is 0 Å². The van der Waals surface area contributed by atoms with Crippen molar-refractivity contribution in [3.8, 4) is 5.75 Å². The van der Waals surface area contributed by atoms with Crippen molar-refractivity contribution in [1.29, 1.82) is 0 Å². The van der Waals surface area contributed by atoms with Gasteiger partial charge in [-0.05, 0) is 26.2 Å². The minimum Gasteiger partial charge on any atom is -0.491 e. The summed E-state index contributed by atoms with van der Waals surface area (Å²) in [5.41, 5.74) is 1.49. The highest BCUT2D eigenvalue weighted by Gasteiger charge is 2.30. The number of hydrogen-bond acceptors (Lipinski definition) is 4. The van der Waals surface area contributed by atoms with Crippen LogP contribution in [0.5, 0.6) is 5.75 Å². The minimum atomic E-state index is -0.0576. The highest BCUT2D eigenvalue weighted by atomic mass is 16.5. The second kappa shape index (κ2) is 6.42. The number of hydrogen-bond donors (Lipinski definition) is 0. The maximum atomic E-state index is 12.9. The van der Waals surface area contributed by atoms with E-state index in [-0.39, 0.29) is 11.9 Å². The molecule has 0 N–H and O–H groups in total. The van der Waals surface area contributed by atoms with Gasteiger partial charge in [0.05, 0.1) is 12.6 Å². The summed E-state index contributed by atoms with van der Waals surface area (Å²) in [5, 5.41) is 4.26. The smallest absolute Gasteiger partial charge is 0.275 e. The third-order valence-electron chi connectivity index (χ3n) is 3.95. The Hall–Kier alpha value is -2.34. The SMILES string of the molecule is CN(C)CC1COc2ccccc2CN1C(=O)c1ccn(C)n1. The molecule has 1 aromatic carbocycles. The minimum absolute atomic E-state index is 0.0214. The number of likely N-dealkylation sites (N-methyl/N-ethyl adjacent to an activating group) is 1. The summed E-state index contributed by atoms with van der Waals surface area (Å²) in [7, 11) is 5.82. The van der Waals surface area contributed by atoms with Crippen molar-refractivity contribution in [2.75, 3.05) is 27.2 Å². The van der Waals surface area contributed by atoms with Gasteiger partial charge < -0.3 is 14.5 Å². The van der Waals surface area contributed by atoms with E-state index in [4.69, 9.17) is 4.74 Å². The zero-order valence-corrected chi connectivity index (χ0v) is 13.8. The predicted molar refractivity (Wildman–Crippen MR) is 87.4 cm³/mol. The number of ether oxygens (including phenoxy) is 1. The van der Waals surface area contributed by atoms with Gasteiger partial charge in [-0.2, -0.15) is 5.10 Å². The largest absolute Gasteiger partial charge is 0.491 e. The van der Waals surface area contributed by atoms with Gasteiger partial charge >= 0.3 is 0 Å². The van der Waals surface area contributed by atoms with Crippen molar-refractivity contribution >= 4 is 5.91 Å². The molecule has 2 aromatic rings. The van der Waals surface area contributed by atoms with Gasteiger partial charge in [0.25, 0.3) is 5.91 Å². The van der Waals surface area contributed by atoms with Crippen molar-refractivity contribution in [1.82, 2.24) is 19.6 Å². The predicted octanol–water partition coefficient (Wildman–Crippen LogP) is 1.39. The molecule has 0 saturated heterocycles. The summed E-state index contributed by atoms with van der Waals surface area (Å²) < 4.78 is 7.59. The molecule has 0 aliphatic carbocycles. The van der Waals surface area contributed by atoms with Gasteiger partial charge in [-0.15, -0.1) is 0 Å². The van der Waals surface area contributed by atoms with Crippen LogP contribution in [0, 0.1) is 0 Å². The molecular weight excluding hydrogens is 292 g/mol. The van der Waals surface area contributed by atoms with Crippen molar-refractivity contribution in [3.05, 3.63) is 47.8 Å². The molecule has 1 amide bonds. The maximum Gasteiger partial charge on any atom is 0.275 e. The number of amides is 1. The number of aryl methyl sites for hydroxylation is 1. The first-order chi connectivity index (χ1) is 11.0. The van der Waals surface area contributed by atoms with Gasteiger partial charge in [-0.3, -0.25) is 9.48 Å². The average Bonchev–Trinajstić information content (AvgIpc) is 2.87. The summed E-state index contributed by atoms with van der Waals surface area (Å²) in [6, 6.07) is 9.62. The molecule has 1 aromatic heterocycles. The third-order valence-corrected chi connectivity index (χ3v) is 3.95. The number of benzene rings is 1. The van der Waals surface area contributed by atoms with Crippen LogP contribution >= 0.6 is 0 Å². The molecule has 1 unspecified atom stereocenters. The summed E-state index contributed by atoms with van der Waals surface area (Å²) in [4.78, 5) is 16.9. The number of aromatic nitrogens is 2. The first kappa shape index (κ1) is 15.6. The molecule has 122 valence electrons. The van der Waals surface area contributed by atoms with E-state index in [1.807, 2.05) is 50.3 Å². The van der Waals surface area contributed by atoms with E-state index in [9.17, 15) is 4.79 Å². The molecule has 0 bridgehead atoms. The fraction of sp³-hybridized carbons (Fsp3) is 0.412. The Bertz CT molecular complexity index is 695. The molecule has 0 radical (unpaired) electrons. The van der Waals surface area contributed by atoms with Crippen LogP contribution in [0.2, 0.25) is 0 Å². The molecule has 6 heteroatoms. The number of rotatable bonds is 3. The Labute approximate surface area is 136 Å². The van der Waals surface area contributed by atoms with Crippen LogP contribution in [-0.4, -0.2) is 58.8 Å². The van der Waals surface area contributed by atoms with Crippen LogP contribution < -0.4 is 4.74 Å². The lowest BCUT2D eigenvalue weighted by atomic mass is 10.1. The number of carbonyl (C=O) groups excluding carboxylic acids is 1. The molecule has 1 aliphatic rings. The van der Waals surface area contributed by atoms with Gasteiger partial charge in [0, 0.05) is 25.4 Å². The Morgan fingerprint density at radius 2 is 2.13 bits per heavy atom. The zero-order valence-electron chi connectivity index (χ0n) is 13.8. The van der Waals surface area contributed by atoms with Crippen molar-refractivity contribution in [2.24, 2.45) is 7.05 Å². The Kier molecular flexibility index (Phi) is 4.34. The fourth-order valence-electron chi connectivity index (χ4n) is 2.85. The maximum absolute atomic E-state index is 12.9. The topological polar surface area (TPSA) is 50.6 Å². The van der Waals surface area contributed by atoms with Crippen molar-refractivity contribution < 1.29 is 9.53 Å². The average molecular weight is 314 g/mol. The van der Waals surface area contributed by atoms with E-state index < -0.39 is 0 Å². The highest BCUT2D eigenvalue weighted by molar-refractivity contribution is 5.92. The van der Waals surface area contributed by atoms with Gasteiger partial charge in [-0.1, -0.05) is 18.2 Å². The number of carbonyl (C=O) groups is 1. The van der Waals surface area contributed by atoms with E-state index in [0.29, 0.717) is 18.8 Å². The molecular formula is C17H22N4O2. The van der Waals surface area contributed by atoms with Crippen LogP contribution in [0.3, 0.4) is 0 Å². The van der Waals surface area contributed by atoms with E-state index in [0.717, 1.165) is 17.9 Å². The van der Waals surface area contributed by atoms with Gasteiger partial charge in [0.1, 0.15) is 18.1 Å². The fourth-order valence-corrected chi connectivity index (χ4v) is 2.85. The molecule has 0 fully saturated rings. The lowest BCUT2D eigenvalue weighted by Gasteiger charge is -2.30. The lowest BCUT2D eigenvalue weighted by molar-refractivity contribution is 0.0577. The van der Waals surface area contributed by atoms with Gasteiger partial charge in [0.15, 0.2) is 0 Å². The molecule has 1 aliphatic heterocycles. The molecule has 1 atom stereocenters. The third kappa shape index (κ3) is 3.37. The van der Waals surface area contributed by atoms with Gasteiger partial charge in [0.2, 0.25) is 0 Å². The van der Waals surface area contributed by atoms with Crippen molar-refractivity contribution in [3.63, 3.8) is 0 Å². The van der Waals surface area contributed by atoms with Crippen LogP contribution in [0.4, 0.5) is 0 Å². The normalized spacial score (nSPS) is 17.6. The van der Waals surface area contributed by atoms with Crippen LogP contribution in [-0.2, 0) is 13.6 Å². The first-order valence-corrected chi connectivity index (χ1v) is 7.70. The van der Waals surface area contributed by atoms with Gasteiger partial charge in [-0.25, -0.2) is 0 Å². The molecule has 2 heterocycles.